The summed E-state index contributed by atoms with van der Waals surface area (Å²) in [5, 5.41) is 3.59. The van der Waals surface area contributed by atoms with E-state index in [0.29, 0.717) is 5.41 Å². The number of nitrogens with one attached hydrogen (secondary N) is 1. The zero-order valence-electron chi connectivity index (χ0n) is 11.8. The van der Waals surface area contributed by atoms with Crippen molar-refractivity contribution >= 4 is 0 Å². The Bertz CT molecular complexity index is 144. The Balaban J connectivity index is 3.90. The lowest BCUT2D eigenvalue weighted by atomic mass is 9.77. The summed E-state index contributed by atoms with van der Waals surface area (Å²) in [7, 11) is 1.79. The fourth-order valence-corrected chi connectivity index (χ4v) is 2.22. The van der Waals surface area contributed by atoms with Gasteiger partial charge >= 0.3 is 0 Å². The van der Waals surface area contributed by atoms with Gasteiger partial charge in [-0.15, -0.1) is 0 Å². The molecule has 0 atom stereocenters. The van der Waals surface area contributed by atoms with Crippen molar-refractivity contribution in [3.05, 3.63) is 0 Å². The van der Waals surface area contributed by atoms with E-state index in [4.69, 9.17) is 4.74 Å². The Hall–Kier alpha value is -0.0800. The molecule has 0 aromatic carbocycles. The summed E-state index contributed by atoms with van der Waals surface area (Å²) in [5.41, 5.74) is 0.517. The first-order chi connectivity index (χ1) is 7.74. The molecule has 0 aliphatic heterocycles. The summed E-state index contributed by atoms with van der Waals surface area (Å²) in [6, 6.07) is 0. The number of unbranched alkanes of at least 4 members (excludes halogenated alkanes) is 1. The first kappa shape index (κ1) is 15.9. The van der Waals surface area contributed by atoms with Crippen LogP contribution in [0.15, 0.2) is 0 Å². The van der Waals surface area contributed by atoms with Crippen LogP contribution >= 0.6 is 0 Å². The molecule has 0 spiro atoms. The third kappa shape index (κ3) is 6.49. The van der Waals surface area contributed by atoms with E-state index in [-0.39, 0.29) is 0 Å². The average Bonchev–Trinajstić information content (AvgIpc) is 2.33. The number of ether oxygens (including phenoxy) is 1. The van der Waals surface area contributed by atoms with Gasteiger partial charge in [-0.05, 0) is 44.1 Å². The molecule has 0 aliphatic rings. The van der Waals surface area contributed by atoms with Crippen molar-refractivity contribution in [1.82, 2.24) is 5.32 Å². The molecule has 98 valence electrons. The second kappa shape index (κ2) is 10.1. The molecule has 0 radical (unpaired) electrons. The van der Waals surface area contributed by atoms with Crippen molar-refractivity contribution < 1.29 is 4.74 Å². The highest BCUT2D eigenvalue weighted by Crippen LogP contribution is 2.31. The Morgan fingerprint density at radius 2 is 1.75 bits per heavy atom. The summed E-state index contributed by atoms with van der Waals surface area (Å²) in [5.74, 6) is 0. The van der Waals surface area contributed by atoms with Gasteiger partial charge in [0.1, 0.15) is 0 Å². The number of hydrogen-bond acceptors (Lipinski definition) is 2. The van der Waals surface area contributed by atoms with E-state index in [1.54, 1.807) is 7.11 Å². The molecule has 0 aromatic rings. The maximum atomic E-state index is 5.11. The zero-order chi connectivity index (χ0) is 12.3. The maximum absolute atomic E-state index is 5.11. The molecular formula is C14H31NO. The van der Waals surface area contributed by atoms with Gasteiger partial charge in [-0.25, -0.2) is 0 Å². The summed E-state index contributed by atoms with van der Waals surface area (Å²) in [6.45, 7) is 10.1. The van der Waals surface area contributed by atoms with Crippen LogP contribution in [-0.4, -0.2) is 26.8 Å². The molecule has 0 aromatic heterocycles. The van der Waals surface area contributed by atoms with Crippen LogP contribution < -0.4 is 5.32 Å². The predicted octanol–water partition coefficient (Wildman–Crippen LogP) is 3.61. The van der Waals surface area contributed by atoms with Crippen molar-refractivity contribution in [1.29, 1.82) is 0 Å². The molecule has 0 saturated carbocycles. The summed E-state index contributed by atoms with van der Waals surface area (Å²) in [6.07, 6.45) is 7.63. The van der Waals surface area contributed by atoms with Crippen molar-refractivity contribution in [3.63, 3.8) is 0 Å². The molecule has 0 saturated heterocycles. The Labute approximate surface area is 102 Å². The first-order valence-corrected chi connectivity index (χ1v) is 6.94. The minimum absolute atomic E-state index is 0.517. The standard InChI is InChI=1S/C14H31NO/c1-5-11-15-13-14(6-2,7-3)10-8-9-12-16-4/h15H,5-13H2,1-4H3. The Kier molecular flexibility index (Phi) is 10.0. The van der Waals surface area contributed by atoms with Crippen LogP contribution in [-0.2, 0) is 4.74 Å². The van der Waals surface area contributed by atoms with Gasteiger partial charge in [0.25, 0.3) is 0 Å². The fraction of sp³-hybridized carbons (Fsp3) is 1.00. The van der Waals surface area contributed by atoms with E-state index in [0.717, 1.165) is 13.2 Å². The van der Waals surface area contributed by atoms with Crippen molar-refractivity contribution in [3.8, 4) is 0 Å². The molecule has 0 unspecified atom stereocenters. The number of rotatable bonds is 11. The van der Waals surface area contributed by atoms with Crippen LogP contribution in [0.2, 0.25) is 0 Å². The molecule has 0 aliphatic carbocycles. The minimum atomic E-state index is 0.517. The highest BCUT2D eigenvalue weighted by Gasteiger charge is 2.24. The van der Waals surface area contributed by atoms with Crippen LogP contribution in [0.1, 0.15) is 59.3 Å². The largest absolute Gasteiger partial charge is 0.385 e. The van der Waals surface area contributed by atoms with Gasteiger partial charge in [0.15, 0.2) is 0 Å². The van der Waals surface area contributed by atoms with Crippen LogP contribution in [0.5, 0.6) is 0 Å². The fourth-order valence-electron chi connectivity index (χ4n) is 2.22. The lowest BCUT2D eigenvalue weighted by molar-refractivity contribution is 0.174. The SMILES string of the molecule is CCCNCC(CC)(CC)CCCCOC. The normalized spacial score (nSPS) is 12.0. The molecule has 16 heavy (non-hydrogen) atoms. The zero-order valence-corrected chi connectivity index (χ0v) is 11.8. The van der Waals surface area contributed by atoms with Crippen molar-refractivity contribution in [2.24, 2.45) is 5.41 Å². The molecule has 0 bridgehead atoms. The first-order valence-electron chi connectivity index (χ1n) is 6.94. The Morgan fingerprint density at radius 3 is 2.25 bits per heavy atom. The van der Waals surface area contributed by atoms with Gasteiger partial charge in [0.05, 0.1) is 0 Å². The third-order valence-corrected chi connectivity index (χ3v) is 3.73. The smallest absolute Gasteiger partial charge is 0.0462 e. The Morgan fingerprint density at radius 1 is 1.06 bits per heavy atom. The molecule has 0 amide bonds. The maximum Gasteiger partial charge on any atom is 0.0462 e. The second-order valence-corrected chi connectivity index (χ2v) is 4.83. The topological polar surface area (TPSA) is 21.3 Å². The number of methoxy groups -OCH3 is 1. The van der Waals surface area contributed by atoms with E-state index in [9.17, 15) is 0 Å². The predicted molar refractivity (Wildman–Crippen MR) is 71.9 cm³/mol. The van der Waals surface area contributed by atoms with Gasteiger partial charge in [-0.1, -0.05) is 27.2 Å². The quantitative estimate of drug-likeness (QED) is 0.546. The minimum Gasteiger partial charge on any atom is -0.385 e. The molecule has 0 rings (SSSR count). The lowest BCUT2D eigenvalue weighted by Gasteiger charge is -2.32. The summed E-state index contributed by atoms with van der Waals surface area (Å²) in [4.78, 5) is 0. The van der Waals surface area contributed by atoms with Gasteiger partial charge in [-0.2, -0.15) is 0 Å². The van der Waals surface area contributed by atoms with Crippen LogP contribution in [0, 0.1) is 5.41 Å². The molecule has 1 N–H and O–H groups in total. The van der Waals surface area contributed by atoms with Gasteiger partial charge in [-0.3, -0.25) is 0 Å². The van der Waals surface area contributed by atoms with Crippen molar-refractivity contribution in [2.75, 3.05) is 26.8 Å². The van der Waals surface area contributed by atoms with E-state index in [1.807, 2.05) is 0 Å². The van der Waals surface area contributed by atoms with Crippen LogP contribution in [0.3, 0.4) is 0 Å². The monoisotopic (exact) mass is 229 g/mol. The highest BCUT2D eigenvalue weighted by molar-refractivity contribution is 4.79. The molecule has 0 fully saturated rings. The second-order valence-electron chi connectivity index (χ2n) is 4.83. The molecule has 0 heterocycles. The number of hydrogen-bond donors (Lipinski definition) is 1. The average molecular weight is 229 g/mol. The molecule has 2 heteroatoms. The van der Waals surface area contributed by atoms with Crippen LogP contribution in [0.4, 0.5) is 0 Å². The summed E-state index contributed by atoms with van der Waals surface area (Å²) >= 11 is 0. The summed E-state index contributed by atoms with van der Waals surface area (Å²) < 4.78 is 5.11. The van der Waals surface area contributed by atoms with Crippen LogP contribution in [0.25, 0.3) is 0 Å². The lowest BCUT2D eigenvalue weighted by Crippen LogP contribution is -2.34. The molecule has 2 nitrogen and oxygen atoms in total. The van der Waals surface area contributed by atoms with E-state index in [2.05, 4.69) is 26.1 Å². The van der Waals surface area contributed by atoms with Gasteiger partial charge in [0.2, 0.25) is 0 Å². The van der Waals surface area contributed by atoms with E-state index in [1.165, 1.54) is 45.1 Å². The third-order valence-electron chi connectivity index (χ3n) is 3.73. The molecular weight excluding hydrogens is 198 g/mol. The van der Waals surface area contributed by atoms with Gasteiger partial charge in [0, 0.05) is 20.3 Å². The van der Waals surface area contributed by atoms with E-state index < -0.39 is 0 Å². The highest BCUT2D eigenvalue weighted by atomic mass is 16.5. The van der Waals surface area contributed by atoms with E-state index >= 15 is 0 Å². The van der Waals surface area contributed by atoms with Crippen molar-refractivity contribution in [2.45, 2.75) is 59.3 Å². The van der Waals surface area contributed by atoms with Gasteiger partial charge < -0.3 is 10.1 Å².